The van der Waals surface area contributed by atoms with Gasteiger partial charge in [-0.3, -0.25) is 14.2 Å². The van der Waals surface area contributed by atoms with Gasteiger partial charge in [-0.1, -0.05) is 34.6 Å². The van der Waals surface area contributed by atoms with Crippen LogP contribution in [0.15, 0.2) is 0 Å². The van der Waals surface area contributed by atoms with Crippen molar-refractivity contribution in [2.24, 2.45) is 10.8 Å². The molecular formula is C19H37O6P. The first-order valence-electron chi connectivity index (χ1n) is 9.20. The van der Waals surface area contributed by atoms with Crippen LogP contribution in [-0.4, -0.2) is 43.2 Å². The van der Waals surface area contributed by atoms with E-state index in [9.17, 15) is 19.3 Å². The molecule has 0 fully saturated rings. The van der Waals surface area contributed by atoms with E-state index < -0.39 is 19.1 Å². The molecule has 0 amide bonds. The van der Waals surface area contributed by atoms with E-state index in [2.05, 4.69) is 20.8 Å². The molecule has 2 unspecified atom stereocenters. The van der Waals surface area contributed by atoms with Crippen LogP contribution < -0.4 is 0 Å². The third-order valence-electron chi connectivity index (χ3n) is 4.31. The standard InChI is InChI=1S/C19H37O6P/c1-18(2,3)13-9-11-15(20)10-8-12-16(21)17(22)19(4,5)14-25-26(7,23)24-6/h17,22H,8-14H2,1-7H3. The van der Waals surface area contributed by atoms with Gasteiger partial charge in [0.05, 0.1) is 6.61 Å². The zero-order valence-electron chi connectivity index (χ0n) is 17.5. The van der Waals surface area contributed by atoms with E-state index in [0.717, 1.165) is 12.8 Å². The third kappa shape index (κ3) is 11.2. The van der Waals surface area contributed by atoms with Gasteiger partial charge in [-0.25, -0.2) is 0 Å². The average molecular weight is 392 g/mol. The smallest absolute Gasteiger partial charge is 0.327 e. The van der Waals surface area contributed by atoms with Crippen molar-refractivity contribution in [1.82, 2.24) is 0 Å². The van der Waals surface area contributed by atoms with Crippen LogP contribution >= 0.6 is 7.60 Å². The predicted octanol–water partition coefficient (Wildman–Crippen LogP) is 4.38. The molecule has 6 nitrogen and oxygen atoms in total. The Labute approximate surface area is 158 Å². The summed E-state index contributed by atoms with van der Waals surface area (Å²) in [6.07, 6.45) is 2.08. The number of carbonyl (C=O) groups is 2. The van der Waals surface area contributed by atoms with E-state index in [4.69, 9.17) is 9.05 Å². The Morgan fingerprint density at radius 2 is 1.58 bits per heavy atom. The van der Waals surface area contributed by atoms with Gasteiger partial charge in [0.2, 0.25) is 0 Å². The van der Waals surface area contributed by atoms with E-state index in [1.54, 1.807) is 13.8 Å². The zero-order valence-corrected chi connectivity index (χ0v) is 18.4. The zero-order chi connectivity index (χ0) is 20.6. The van der Waals surface area contributed by atoms with Crippen LogP contribution in [0.2, 0.25) is 0 Å². The molecule has 0 aliphatic heterocycles. The molecule has 0 aromatic carbocycles. The molecule has 7 heteroatoms. The second-order valence-corrected chi connectivity index (χ2v) is 11.1. The molecular weight excluding hydrogens is 355 g/mol. The van der Waals surface area contributed by atoms with Crippen LogP contribution in [0.1, 0.15) is 73.1 Å². The Morgan fingerprint density at radius 1 is 1.04 bits per heavy atom. The van der Waals surface area contributed by atoms with Gasteiger partial charge in [0.1, 0.15) is 11.9 Å². The first kappa shape index (κ1) is 25.4. The third-order valence-corrected chi connectivity index (χ3v) is 5.57. The Bertz CT molecular complexity index is 507. The molecule has 0 saturated carbocycles. The fourth-order valence-corrected chi connectivity index (χ4v) is 3.06. The molecule has 2 atom stereocenters. The van der Waals surface area contributed by atoms with Crippen molar-refractivity contribution in [3.8, 4) is 0 Å². The SMILES string of the molecule is COP(C)(=O)OCC(C)(C)C(O)C(=O)CCCC(=O)CCCC(C)(C)C. The quantitative estimate of drug-likeness (QED) is 0.468. The second-order valence-electron chi connectivity index (χ2n) is 8.89. The Balaban J connectivity index is 4.25. The highest BCUT2D eigenvalue weighted by molar-refractivity contribution is 7.52. The van der Waals surface area contributed by atoms with E-state index in [1.807, 2.05) is 0 Å². The highest BCUT2D eigenvalue weighted by Gasteiger charge is 2.35. The van der Waals surface area contributed by atoms with Gasteiger partial charge >= 0.3 is 7.60 Å². The number of ketones is 2. The van der Waals surface area contributed by atoms with Crippen LogP contribution in [0.25, 0.3) is 0 Å². The Hall–Kier alpha value is -0.550. The van der Waals surface area contributed by atoms with Gasteiger partial charge in [-0.05, 0) is 24.7 Å². The van der Waals surface area contributed by atoms with Crippen LogP contribution in [-0.2, 0) is 23.2 Å². The van der Waals surface area contributed by atoms with E-state index in [1.165, 1.54) is 13.8 Å². The van der Waals surface area contributed by atoms with Gasteiger partial charge in [-0.15, -0.1) is 0 Å². The van der Waals surface area contributed by atoms with Crippen LogP contribution in [0.5, 0.6) is 0 Å². The van der Waals surface area contributed by atoms with E-state index in [-0.39, 0.29) is 30.0 Å². The summed E-state index contributed by atoms with van der Waals surface area (Å²) in [4.78, 5) is 24.1. The van der Waals surface area contributed by atoms with Crippen molar-refractivity contribution in [3.63, 3.8) is 0 Å². The lowest BCUT2D eigenvalue weighted by molar-refractivity contribution is -0.134. The molecule has 0 saturated heterocycles. The number of aliphatic hydroxyl groups is 1. The van der Waals surface area contributed by atoms with Crippen LogP contribution in [0.4, 0.5) is 0 Å². The number of hydrogen-bond acceptors (Lipinski definition) is 6. The van der Waals surface area contributed by atoms with Gasteiger partial charge in [0.15, 0.2) is 5.78 Å². The molecule has 154 valence electrons. The van der Waals surface area contributed by atoms with E-state index in [0.29, 0.717) is 19.3 Å². The van der Waals surface area contributed by atoms with Crippen molar-refractivity contribution in [1.29, 1.82) is 0 Å². The summed E-state index contributed by atoms with van der Waals surface area (Å²) in [6, 6.07) is 0. The summed E-state index contributed by atoms with van der Waals surface area (Å²) in [5.41, 5.74) is -0.669. The molecule has 0 bridgehead atoms. The average Bonchev–Trinajstić information content (AvgIpc) is 2.51. The molecule has 1 N–H and O–H groups in total. The predicted molar refractivity (Wildman–Crippen MR) is 103 cm³/mol. The maximum Gasteiger partial charge on any atom is 0.327 e. The topological polar surface area (TPSA) is 89.9 Å². The van der Waals surface area contributed by atoms with Crippen molar-refractivity contribution in [3.05, 3.63) is 0 Å². The molecule has 0 rings (SSSR count). The summed E-state index contributed by atoms with van der Waals surface area (Å²) in [6.45, 7) is 11.1. The van der Waals surface area contributed by atoms with Gasteiger partial charge in [0, 0.05) is 38.5 Å². The highest BCUT2D eigenvalue weighted by Crippen LogP contribution is 2.44. The number of hydrogen-bond donors (Lipinski definition) is 1. The highest BCUT2D eigenvalue weighted by atomic mass is 31.2. The Morgan fingerprint density at radius 3 is 2.08 bits per heavy atom. The molecule has 0 heterocycles. The lowest BCUT2D eigenvalue weighted by atomic mass is 9.84. The minimum Gasteiger partial charge on any atom is -0.385 e. The summed E-state index contributed by atoms with van der Waals surface area (Å²) >= 11 is 0. The second kappa shape index (κ2) is 10.7. The van der Waals surface area contributed by atoms with Crippen molar-refractivity contribution in [2.75, 3.05) is 20.4 Å². The first-order valence-corrected chi connectivity index (χ1v) is 11.2. The van der Waals surface area contributed by atoms with Crippen LogP contribution in [0.3, 0.4) is 0 Å². The van der Waals surface area contributed by atoms with Crippen LogP contribution in [0, 0.1) is 10.8 Å². The molecule has 0 spiro atoms. The summed E-state index contributed by atoms with van der Waals surface area (Å²) in [7, 11) is -1.88. The maximum absolute atomic E-state index is 12.2. The van der Waals surface area contributed by atoms with E-state index >= 15 is 0 Å². The fourth-order valence-electron chi connectivity index (χ4n) is 2.39. The minimum absolute atomic E-state index is 0.0622. The number of rotatable bonds is 13. The lowest BCUT2D eigenvalue weighted by Gasteiger charge is -2.30. The molecule has 0 aromatic heterocycles. The Kier molecular flexibility index (Phi) is 10.5. The first-order chi connectivity index (χ1) is 11.7. The lowest BCUT2D eigenvalue weighted by Crippen LogP contribution is -2.39. The normalized spacial score (nSPS) is 16.2. The number of carbonyl (C=O) groups excluding carboxylic acids is 2. The fraction of sp³-hybridized carbons (Fsp3) is 0.895. The number of aliphatic hydroxyl groups excluding tert-OH is 1. The summed E-state index contributed by atoms with van der Waals surface area (Å²) < 4.78 is 21.7. The van der Waals surface area contributed by atoms with Crippen molar-refractivity contribution >= 4 is 19.2 Å². The van der Waals surface area contributed by atoms with Gasteiger partial charge in [-0.2, -0.15) is 0 Å². The van der Waals surface area contributed by atoms with Gasteiger partial charge < -0.3 is 14.2 Å². The summed E-state index contributed by atoms with van der Waals surface area (Å²) in [5, 5.41) is 10.3. The summed E-state index contributed by atoms with van der Waals surface area (Å²) in [5.74, 6) is -0.171. The molecule has 0 aliphatic carbocycles. The maximum atomic E-state index is 12.2. The number of Topliss-reactive ketones (excluding diaryl/α,β-unsaturated/α-hetero) is 2. The minimum atomic E-state index is -3.16. The molecule has 26 heavy (non-hydrogen) atoms. The molecule has 0 radical (unpaired) electrons. The largest absolute Gasteiger partial charge is 0.385 e. The molecule has 0 aliphatic rings. The molecule has 0 aromatic rings. The monoisotopic (exact) mass is 392 g/mol. The van der Waals surface area contributed by atoms with Gasteiger partial charge in [0.25, 0.3) is 0 Å². The van der Waals surface area contributed by atoms with Crippen molar-refractivity contribution < 1.29 is 28.3 Å². The van der Waals surface area contributed by atoms with Crippen molar-refractivity contribution in [2.45, 2.75) is 79.2 Å².